The monoisotopic (exact) mass is 382 g/mol. The van der Waals surface area contributed by atoms with Gasteiger partial charge in [-0.25, -0.2) is 0 Å². The Labute approximate surface area is 143 Å². The highest BCUT2D eigenvalue weighted by Gasteiger charge is 2.24. The highest BCUT2D eigenvalue weighted by Crippen LogP contribution is 2.26. The molecule has 2 aromatic rings. The summed E-state index contributed by atoms with van der Waals surface area (Å²) in [7, 11) is 0. The van der Waals surface area contributed by atoms with Crippen molar-refractivity contribution in [2.45, 2.75) is 19.0 Å². The van der Waals surface area contributed by atoms with Crippen LogP contribution in [0.25, 0.3) is 0 Å². The van der Waals surface area contributed by atoms with Crippen molar-refractivity contribution in [2.24, 2.45) is 0 Å². The van der Waals surface area contributed by atoms with E-state index < -0.39 is 0 Å². The fourth-order valence-corrected chi connectivity index (χ4v) is 2.85. The highest BCUT2D eigenvalue weighted by molar-refractivity contribution is 9.10. The minimum absolute atomic E-state index is 0.0671. The molecule has 0 atom stereocenters. The standard InChI is InChI=1S/C17H16BrClO3/c18-16-7-2-1-4-13(16)9-20-15-10-21-17(22-11-15)12-5-3-6-14(19)8-12/h1-8,15,17H,9-11H2/t15-,17+. The van der Waals surface area contributed by atoms with Crippen molar-refractivity contribution in [3.63, 3.8) is 0 Å². The fraction of sp³-hybridized carbons (Fsp3) is 0.294. The Kier molecular flexibility index (Phi) is 5.50. The van der Waals surface area contributed by atoms with Gasteiger partial charge in [-0.3, -0.25) is 0 Å². The van der Waals surface area contributed by atoms with Crippen LogP contribution in [-0.4, -0.2) is 19.3 Å². The molecule has 0 saturated carbocycles. The molecule has 1 saturated heterocycles. The molecule has 5 heteroatoms. The summed E-state index contributed by atoms with van der Waals surface area (Å²) in [5.74, 6) is 0. The van der Waals surface area contributed by atoms with E-state index in [4.69, 9.17) is 25.8 Å². The first-order valence-electron chi connectivity index (χ1n) is 7.06. The first-order chi connectivity index (χ1) is 10.7. The lowest BCUT2D eigenvalue weighted by atomic mass is 10.2. The number of halogens is 2. The Bertz CT molecular complexity index is 627. The van der Waals surface area contributed by atoms with Crippen LogP contribution in [0.5, 0.6) is 0 Å². The Morgan fingerprint density at radius 1 is 1.09 bits per heavy atom. The first kappa shape index (κ1) is 16.0. The topological polar surface area (TPSA) is 27.7 Å². The molecule has 3 nitrogen and oxygen atoms in total. The van der Waals surface area contributed by atoms with E-state index in [9.17, 15) is 0 Å². The second-order valence-electron chi connectivity index (χ2n) is 5.08. The van der Waals surface area contributed by atoms with Crippen LogP contribution in [0.2, 0.25) is 5.02 Å². The number of hydrogen-bond acceptors (Lipinski definition) is 3. The van der Waals surface area contributed by atoms with Gasteiger partial charge in [-0.15, -0.1) is 0 Å². The molecule has 1 aliphatic heterocycles. The van der Waals surface area contributed by atoms with Crippen molar-refractivity contribution < 1.29 is 14.2 Å². The van der Waals surface area contributed by atoms with Crippen LogP contribution in [0.4, 0.5) is 0 Å². The predicted octanol–water partition coefficient (Wildman–Crippen LogP) is 4.73. The van der Waals surface area contributed by atoms with Gasteiger partial charge in [-0.2, -0.15) is 0 Å². The van der Waals surface area contributed by atoms with Gasteiger partial charge < -0.3 is 14.2 Å². The molecule has 1 fully saturated rings. The smallest absolute Gasteiger partial charge is 0.184 e. The summed E-state index contributed by atoms with van der Waals surface area (Å²) in [6, 6.07) is 15.5. The molecule has 0 unspecified atom stereocenters. The Morgan fingerprint density at radius 2 is 1.86 bits per heavy atom. The predicted molar refractivity (Wildman–Crippen MR) is 88.8 cm³/mol. The van der Waals surface area contributed by atoms with E-state index >= 15 is 0 Å². The van der Waals surface area contributed by atoms with Crippen molar-refractivity contribution in [3.8, 4) is 0 Å². The SMILES string of the molecule is Clc1cccc([C@H]2OC[C@@H](OCc3ccccc3Br)CO2)c1. The molecule has 1 heterocycles. The lowest BCUT2D eigenvalue weighted by molar-refractivity contribution is -0.232. The van der Waals surface area contributed by atoms with Gasteiger partial charge in [-0.05, 0) is 23.8 Å². The largest absolute Gasteiger partial charge is 0.369 e. The van der Waals surface area contributed by atoms with Gasteiger partial charge in [0.15, 0.2) is 6.29 Å². The summed E-state index contributed by atoms with van der Waals surface area (Å²) >= 11 is 9.50. The zero-order valence-corrected chi connectivity index (χ0v) is 14.2. The molecular weight excluding hydrogens is 368 g/mol. The van der Waals surface area contributed by atoms with E-state index in [-0.39, 0.29) is 12.4 Å². The minimum atomic E-state index is -0.373. The molecule has 0 amide bonds. The van der Waals surface area contributed by atoms with Crippen molar-refractivity contribution in [3.05, 3.63) is 69.2 Å². The summed E-state index contributed by atoms with van der Waals surface area (Å²) in [5.41, 5.74) is 2.04. The van der Waals surface area contributed by atoms with Crippen molar-refractivity contribution in [1.82, 2.24) is 0 Å². The third-order valence-electron chi connectivity index (χ3n) is 3.42. The van der Waals surface area contributed by atoms with Gasteiger partial charge in [-0.1, -0.05) is 57.9 Å². The molecule has 0 aromatic heterocycles. The molecule has 0 N–H and O–H groups in total. The van der Waals surface area contributed by atoms with Crippen LogP contribution >= 0.6 is 27.5 Å². The van der Waals surface area contributed by atoms with E-state index in [0.29, 0.717) is 24.8 Å². The molecule has 3 rings (SSSR count). The second kappa shape index (κ2) is 7.57. The minimum Gasteiger partial charge on any atom is -0.369 e. The molecule has 116 valence electrons. The normalized spacial score (nSPS) is 21.7. The number of benzene rings is 2. The molecule has 0 aliphatic carbocycles. The van der Waals surface area contributed by atoms with Crippen molar-refractivity contribution in [2.75, 3.05) is 13.2 Å². The average molecular weight is 384 g/mol. The summed E-state index contributed by atoms with van der Waals surface area (Å²) in [6.45, 7) is 1.53. The molecule has 0 spiro atoms. The zero-order chi connectivity index (χ0) is 15.4. The van der Waals surface area contributed by atoms with E-state index in [0.717, 1.165) is 15.6 Å². The van der Waals surface area contributed by atoms with Crippen LogP contribution in [-0.2, 0) is 20.8 Å². The summed E-state index contributed by atoms with van der Waals surface area (Å²) in [4.78, 5) is 0. The van der Waals surface area contributed by atoms with Gasteiger partial charge in [0.2, 0.25) is 0 Å². The zero-order valence-electron chi connectivity index (χ0n) is 11.9. The van der Waals surface area contributed by atoms with Crippen molar-refractivity contribution in [1.29, 1.82) is 0 Å². The maximum atomic E-state index is 5.98. The summed E-state index contributed by atoms with van der Waals surface area (Å²) in [6.07, 6.45) is -0.440. The van der Waals surface area contributed by atoms with Crippen LogP contribution in [0.1, 0.15) is 17.4 Å². The maximum Gasteiger partial charge on any atom is 0.184 e. The number of ether oxygens (including phenoxy) is 3. The van der Waals surface area contributed by atoms with Gasteiger partial charge >= 0.3 is 0 Å². The van der Waals surface area contributed by atoms with Crippen LogP contribution in [0, 0.1) is 0 Å². The summed E-state index contributed by atoms with van der Waals surface area (Å²) in [5, 5.41) is 0.678. The first-order valence-corrected chi connectivity index (χ1v) is 8.23. The molecule has 22 heavy (non-hydrogen) atoms. The van der Waals surface area contributed by atoms with Gasteiger partial charge in [0, 0.05) is 15.1 Å². The van der Waals surface area contributed by atoms with E-state index in [1.165, 1.54) is 0 Å². The highest BCUT2D eigenvalue weighted by atomic mass is 79.9. The fourth-order valence-electron chi connectivity index (χ4n) is 2.25. The quantitative estimate of drug-likeness (QED) is 0.763. The Hall–Kier alpha value is -0.910. The molecular formula is C17H16BrClO3. The second-order valence-corrected chi connectivity index (χ2v) is 6.37. The summed E-state index contributed by atoms with van der Waals surface area (Å²) < 4.78 is 18.4. The van der Waals surface area contributed by atoms with Gasteiger partial charge in [0.05, 0.1) is 19.8 Å². The van der Waals surface area contributed by atoms with Crippen molar-refractivity contribution >= 4 is 27.5 Å². The number of hydrogen-bond donors (Lipinski definition) is 0. The van der Waals surface area contributed by atoms with E-state index in [2.05, 4.69) is 15.9 Å². The van der Waals surface area contributed by atoms with E-state index in [1.807, 2.05) is 48.5 Å². The van der Waals surface area contributed by atoms with Crippen LogP contribution < -0.4 is 0 Å². The van der Waals surface area contributed by atoms with Crippen LogP contribution in [0.3, 0.4) is 0 Å². The molecule has 1 aliphatic rings. The van der Waals surface area contributed by atoms with E-state index in [1.54, 1.807) is 0 Å². The molecule has 0 radical (unpaired) electrons. The maximum absolute atomic E-state index is 5.98. The third-order valence-corrected chi connectivity index (χ3v) is 4.43. The van der Waals surface area contributed by atoms with Crippen LogP contribution in [0.15, 0.2) is 53.0 Å². The lowest BCUT2D eigenvalue weighted by Crippen LogP contribution is -2.33. The van der Waals surface area contributed by atoms with Gasteiger partial charge in [0.1, 0.15) is 6.10 Å². The molecule has 2 aromatic carbocycles. The average Bonchev–Trinajstić information content (AvgIpc) is 2.55. The molecule has 0 bridgehead atoms. The Morgan fingerprint density at radius 3 is 2.59 bits per heavy atom. The number of rotatable bonds is 4. The van der Waals surface area contributed by atoms with Gasteiger partial charge in [0.25, 0.3) is 0 Å². The Balaban J connectivity index is 1.51. The lowest BCUT2D eigenvalue weighted by Gasteiger charge is -2.29. The third kappa shape index (κ3) is 4.09.